The largest absolute Gasteiger partial charge is 0.383 e. The first-order chi connectivity index (χ1) is 13.8. The maximum absolute atomic E-state index is 13.1. The van der Waals surface area contributed by atoms with Crippen molar-refractivity contribution in [2.45, 2.75) is 44.1 Å². The molecule has 0 bridgehead atoms. The number of thioether (sulfide) groups is 1. The highest BCUT2D eigenvalue weighted by molar-refractivity contribution is 8.00. The number of hydrogen-bond acceptors (Lipinski definition) is 5. The minimum atomic E-state index is -0.383. The van der Waals surface area contributed by atoms with Gasteiger partial charge >= 0.3 is 0 Å². The number of ether oxygens (including phenoxy) is 1. The Morgan fingerprint density at radius 3 is 2.55 bits per heavy atom. The van der Waals surface area contributed by atoms with Gasteiger partial charge in [-0.25, -0.2) is 4.98 Å². The minimum absolute atomic E-state index is 0.0199. The molecule has 0 saturated heterocycles. The summed E-state index contributed by atoms with van der Waals surface area (Å²) in [5, 5.41) is 0.710. The van der Waals surface area contributed by atoms with Gasteiger partial charge in [-0.15, -0.1) is 0 Å². The van der Waals surface area contributed by atoms with Crippen LogP contribution >= 0.6 is 11.8 Å². The maximum Gasteiger partial charge on any atom is 0.262 e. The third-order valence-corrected chi connectivity index (χ3v) is 6.13. The summed E-state index contributed by atoms with van der Waals surface area (Å²) in [5.74, 6) is 0.0199. The summed E-state index contributed by atoms with van der Waals surface area (Å²) in [5.41, 5.74) is 3.43. The Balaban J connectivity index is 2.01. The molecule has 3 rings (SSSR count). The van der Waals surface area contributed by atoms with Crippen LogP contribution in [0.2, 0.25) is 0 Å². The van der Waals surface area contributed by atoms with Gasteiger partial charge in [-0.05, 0) is 57.0 Å². The molecule has 6 heteroatoms. The zero-order chi connectivity index (χ0) is 21.1. The summed E-state index contributed by atoms with van der Waals surface area (Å²) in [4.78, 5) is 30.9. The molecule has 0 fully saturated rings. The molecule has 0 aliphatic heterocycles. The number of Topliss-reactive ketones (excluding diaryl/α,β-unsaturated/α-hetero) is 1. The van der Waals surface area contributed by atoms with E-state index in [0.29, 0.717) is 28.2 Å². The first-order valence-electron chi connectivity index (χ1n) is 9.61. The van der Waals surface area contributed by atoms with Gasteiger partial charge in [0.15, 0.2) is 10.9 Å². The number of aryl methyl sites for hydroxylation is 2. The third-order valence-electron chi connectivity index (χ3n) is 5.07. The smallest absolute Gasteiger partial charge is 0.262 e. The minimum Gasteiger partial charge on any atom is -0.383 e. The van der Waals surface area contributed by atoms with Crippen LogP contribution in [-0.4, -0.2) is 34.3 Å². The fourth-order valence-electron chi connectivity index (χ4n) is 3.25. The topological polar surface area (TPSA) is 61.2 Å². The number of methoxy groups -OCH3 is 1. The molecular weight excluding hydrogens is 384 g/mol. The molecule has 0 saturated carbocycles. The van der Waals surface area contributed by atoms with Crippen molar-refractivity contribution in [3.05, 3.63) is 69.5 Å². The van der Waals surface area contributed by atoms with Crippen LogP contribution in [0.1, 0.15) is 41.4 Å². The van der Waals surface area contributed by atoms with Crippen molar-refractivity contribution >= 4 is 28.4 Å². The zero-order valence-corrected chi connectivity index (χ0v) is 18.2. The number of carbonyl (C=O) groups excluding carboxylic acids is 1. The van der Waals surface area contributed by atoms with E-state index in [1.54, 1.807) is 17.7 Å². The number of aromatic nitrogens is 2. The molecule has 2 aromatic carbocycles. The van der Waals surface area contributed by atoms with Gasteiger partial charge in [0.25, 0.3) is 5.56 Å². The number of fused-ring (bicyclic) bond motifs is 1. The highest BCUT2D eigenvalue weighted by Gasteiger charge is 2.23. The predicted octanol–water partition coefficient (Wildman–Crippen LogP) is 4.58. The van der Waals surface area contributed by atoms with Gasteiger partial charge in [0.1, 0.15) is 0 Å². The average molecular weight is 411 g/mol. The monoisotopic (exact) mass is 410 g/mol. The van der Waals surface area contributed by atoms with Crippen LogP contribution < -0.4 is 5.56 Å². The summed E-state index contributed by atoms with van der Waals surface area (Å²) >= 11 is 1.31. The van der Waals surface area contributed by atoms with Crippen LogP contribution in [0.25, 0.3) is 10.9 Å². The molecular formula is C23H26N2O3S. The van der Waals surface area contributed by atoms with Crippen molar-refractivity contribution in [3.8, 4) is 0 Å². The number of rotatable bonds is 7. The second kappa shape index (κ2) is 8.93. The van der Waals surface area contributed by atoms with Crippen LogP contribution in [0, 0.1) is 13.8 Å². The lowest BCUT2D eigenvalue weighted by molar-refractivity contribution is 0.0993. The SMILES string of the molecule is COC[C@H](C)n1c(S[C@H](C)C(=O)c2ccc(C)c(C)c2)nc2ccccc2c1=O. The molecule has 1 aromatic heterocycles. The normalized spacial score (nSPS) is 13.4. The van der Waals surface area contributed by atoms with Gasteiger partial charge in [-0.1, -0.05) is 36.0 Å². The van der Waals surface area contributed by atoms with E-state index >= 15 is 0 Å². The molecule has 2 atom stereocenters. The molecule has 5 nitrogen and oxygen atoms in total. The van der Waals surface area contributed by atoms with Crippen LogP contribution in [0.5, 0.6) is 0 Å². The summed E-state index contributed by atoms with van der Waals surface area (Å²) in [6.45, 7) is 8.18. The number of hydrogen-bond donors (Lipinski definition) is 0. The summed E-state index contributed by atoms with van der Waals surface area (Å²) in [7, 11) is 1.61. The van der Waals surface area contributed by atoms with Gasteiger partial charge < -0.3 is 4.74 Å². The fourth-order valence-corrected chi connectivity index (χ4v) is 4.34. The van der Waals surface area contributed by atoms with Crippen molar-refractivity contribution in [1.82, 2.24) is 9.55 Å². The summed E-state index contributed by atoms with van der Waals surface area (Å²) in [6.07, 6.45) is 0. The Morgan fingerprint density at radius 2 is 1.86 bits per heavy atom. The highest BCUT2D eigenvalue weighted by Crippen LogP contribution is 2.27. The summed E-state index contributed by atoms with van der Waals surface area (Å²) < 4.78 is 6.90. The van der Waals surface area contributed by atoms with Crippen LogP contribution in [-0.2, 0) is 4.74 Å². The lowest BCUT2D eigenvalue weighted by atomic mass is 10.0. The van der Waals surface area contributed by atoms with E-state index in [2.05, 4.69) is 0 Å². The molecule has 0 aliphatic carbocycles. The number of carbonyl (C=O) groups is 1. The standard InChI is InChI=1S/C23H26N2O3S/c1-14-10-11-18(12-15(14)2)21(26)17(4)29-23-24-20-9-7-6-8-19(20)22(27)25(23)16(3)13-28-5/h6-12,16-17H,13H2,1-5H3/t16-,17+/m0/s1. The number of nitrogens with zero attached hydrogens (tertiary/aromatic N) is 2. The first-order valence-corrected chi connectivity index (χ1v) is 10.5. The molecule has 0 aliphatic rings. The Hall–Kier alpha value is -2.44. The van der Waals surface area contributed by atoms with Crippen LogP contribution in [0.4, 0.5) is 0 Å². The van der Waals surface area contributed by atoms with Crippen LogP contribution in [0.3, 0.4) is 0 Å². The maximum atomic E-state index is 13.1. The second-order valence-corrected chi connectivity index (χ2v) is 8.62. The van der Waals surface area contributed by atoms with Gasteiger partial charge in [-0.3, -0.25) is 14.2 Å². The second-order valence-electron chi connectivity index (χ2n) is 7.31. The van der Waals surface area contributed by atoms with E-state index in [1.807, 2.05) is 64.1 Å². The van der Waals surface area contributed by atoms with E-state index in [0.717, 1.165) is 11.1 Å². The van der Waals surface area contributed by atoms with E-state index in [4.69, 9.17) is 9.72 Å². The zero-order valence-electron chi connectivity index (χ0n) is 17.4. The third kappa shape index (κ3) is 4.43. The van der Waals surface area contributed by atoms with E-state index in [9.17, 15) is 9.59 Å². The van der Waals surface area contributed by atoms with Crippen molar-refractivity contribution < 1.29 is 9.53 Å². The average Bonchev–Trinajstić information content (AvgIpc) is 2.69. The molecule has 0 unspecified atom stereocenters. The lowest BCUT2D eigenvalue weighted by Crippen LogP contribution is -2.29. The van der Waals surface area contributed by atoms with Gasteiger partial charge in [0.2, 0.25) is 0 Å². The predicted molar refractivity (Wildman–Crippen MR) is 118 cm³/mol. The molecule has 0 N–H and O–H groups in total. The molecule has 29 heavy (non-hydrogen) atoms. The van der Waals surface area contributed by atoms with Gasteiger partial charge in [-0.2, -0.15) is 0 Å². The number of para-hydroxylation sites is 1. The number of benzene rings is 2. The van der Waals surface area contributed by atoms with E-state index in [1.165, 1.54) is 11.8 Å². The summed E-state index contributed by atoms with van der Waals surface area (Å²) in [6, 6.07) is 12.8. The van der Waals surface area contributed by atoms with Gasteiger partial charge in [0.05, 0.1) is 28.8 Å². The molecule has 0 amide bonds. The Kier molecular flexibility index (Phi) is 6.55. The Bertz CT molecular complexity index is 1110. The van der Waals surface area contributed by atoms with E-state index < -0.39 is 0 Å². The highest BCUT2D eigenvalue weighted by atomic mass is 32.2. The van der Waals surface area contributed by atoms with Gasteiger partial charge in [0, 0.05) is 12.7 Å². The Labute approximate surface area is 175 Å². The molecule has 152 valence electrons. The molecule has 0 spiro atoms. The van der Waals surface area contributed by atoms with Crippen molar-refractivity contribution in [3.63, 3.8) is 0 Å². The van der Waals surface area contributed by atoms with Crippen LogP contribution in [0.15, 0.2) is 52.4 Å². The van der Waals surface area contributed by atoms with Crippen molar-refractivity contribution in [2.75, 3.05) is 13.7 Å². The molecule has 0 radical (unpaired) electrons. The quantitative estimate of drug-likeness (QED) is 0.324. The fraction of sp³-hybridized carbons (Fsp3) is 0.348. The molecule has 1 heterocycles. The Morgan fingerprint density at radius 1 is 1.14 bits per heavy atom. The molecule has 3 aromatic rings. The van der Waals surface area contributed by atoms with E-state index in [-0.39, 0.29) is 22.6 Å². The first kappa shape index (κ1) is 21.3. The van der Waals surface area contributed by atoms with Crippen molar-refractivity contribution in [2.24, 2.45) is 0 Å². The van der Waals surface area contributed by atoms with Crippen molar-refractivity contribution in [1.29, 1.82) is 0 Å². The lowest BCUT2D eigenvalue weighted by Gasteiger charge is -2.20. The number of ketones is 1.